The molecular weight excluding hydrogens is 425 g/mol. The van der Waals surface area contributed by atoms with Gasteiger partial charge in [-0.15, -0.1) is 0 Å². The van der Waals surface area contributed by atoms with Gasteiger partial charge >= 0.3 is 6.18 Å². The average molecular weight is 444 g/mol. The normalized spacial score (nSPS) is 11.7. The summed E-state index contributed by atoms with van der Waals surface area (Å²) >= 11 is 0. The van der Waals surface area contributed by atoms with Crippen molar-refractivity contribution in [1.29, 1.82) is 0 Å². The zero-order chi connectivity index (χ0) is 23.3. The van der Waals surface area contributed by atoms with Gasteiger partial charge in [0.1, 0.15) is 23.0 Å². The first-order chi connectivity index (χ1) is 15.2. The molecule has 1 aromatic heterocycles. The van der Waals surface area contributed by atoms with Gasteiger partial charge in [-0.05, 0) is 48.5 Å². The number of likely N-dealkylation sites (N-methyl/N-ethyl adjacent to an activating group) is 1. The molecule has 0 fully saturated rings. The van der Waals surface area contributed by atoms with Crippen LogP contribution in [0.3, 0.4) is 0 Å². The molecule has 0 aliphatic carbocycles. The second-order valence-corrected chi connectivity index (χ2v) is 6.60. The first-order valence-corrected chi connectivity index (χ1v) is 9.38. The minimum atomic E-state index is -4.48. The van der Waals surface area contributed by atoms with Crippen LogP contribution in [0.1, 0.15) is 21.7 Å². The lowest BCUT2D eigenvalue weighted by Crippen LogP contribution is -2.33. The van der Waals surface area contributed by atoms with E-state index in [1.54, 1.807) is 12.1 Å². The lowest BCUT2D eigenvalue weighted by molar-refractivity contribution is -0.137. The SMILES string of the molecule is CNC(=O)C(=Cc1ccc(-c2cccc(C(F)(F)F)c2)o1)NC(=O)c1ccc(OC)cc1. The molecule has 0 radical (unpaired) electrons. The number of ether oxygens (including phenoxy) is 1. The summed E-state index contributed by atoms with van der Waals surface area (Å²) in [7, 11) is 2.89. The molecule has 0 saturated heterocycles. The first kappa shape index (κ1) is 22.7. The van der Waals surface area contributed by atoms with Crippen molar-refractivity contribution >= 4 is 17.9 Å². The fourth-order valence-electron chi connectivity index (χ4n) is 2.81. The summed E-state index contributed by atoms with van der Waals surface area (Å²) in [4.78, 5) is 24.7. The van der Waals surface area contributed by atoms with Crippen LogP contribution in [0.25, 0.3) is 17.4 Å². The molecule has 166 valence electrons. The van der Waals surface area contributed by atoms with Crippen molar-refractivity contribution in [3.05, 3.63) is 83.2 Å². The molecule has 0 unspecified atom stereocenters. The third kappa shape index (κ3) is 5.37. The van der Waals surface area contributed by atoms with Crippen molar-refractivity contribution in [3.8, 4) is 17.1 Å². The van der Waals surface area contributed by atoms with Crippen LogP contribution >= 0.6 is 0 Å². The predicted molar refractivity (Wildman–Crippen MR) is 112 cm³/mol. The minimum Gasteiger partial charge on any atom is -0.497 e. The van der Waals surface area contributed by atoms with Crippen molar-refractivity contribution in [3.63, 3.8) is 0 Å². The molecule has 2 aromatic carbocycles. The van der Waals surface area contributed by atoms with Crippen LogP contribution in [0.5, 0.6) is 5.75 Å². The largest absolute Gasteiger partial charge is 0.497 e. The van der Waals surface area contributed by atoms with Gasteiger partial charge in [-0.3, -0.25) is 9.59 Å². The lowest BCUT2D eigenvalue weighted by Gasteiger charge is -2.09. The number of rotatable bonds is 6. The van der Waals surface area contributed by atoms with Crippen LogP contribution in [-0.4, -0.2) is 26.0 Å². The van der Waals surface area contributed by atoms with Gasteiger partial charge in [-0.2, -0.15) is 13.2 Å². The summed E-state index contributed by atoms with van der Waals surface area (Å²) in [5, 5.41) is 4.92. The van der Waals surface area contributed by atoms with E-state index < -0.39 is 23.6 Å². The third-order valence-corrected chi connectivity index (χ3v) is 4.46. The first-order valence-electron chi connectivity index (χ1n) is 9.38. The minimum absolute atomic E-state index is 0.0988. The summed E-state index contributed by atoms with van der Waals surface area (Å²) in [6, 6.07) is 13.9. The van der Waals surface area contributed by atoms with E-state index in [-0.39, 0.29) is 22.8 Å². The molecule has 9 heteroatoms. The molecule has 0 aliphatic heterocycles. The zero-order valence-corrected chi connectivity index (χ0v) is 17.1. The highest BCUT2D eigenvalue weighted by Gasteiger charge is 2.30. The fourth-order valence-corrected chi connectivity index (χ4v) is 2.81. The molecule has 0 aliphatic rings. The highest BCUT2D eigenvalue weighted by molar-refractivity contribution is 6.05. The van der Waals surface area contributed by atoms with Gasteiger partial charge in [0, 0.05) is 24.3 Å². The standard InChI is InChI=1S/C23H19F3N2O4/c1-27-22(30)19(28-21(29)14-6-8-17(31-2)9-7-14)13-18-10-11-20(32-18)15-4-3-5-16(12-15)23(24,25)26/h3-13H,1-2H3,(H,27,30)(H,28,29). The number of carbonyl (C=O) groups excluding carboxylic acids is 2. The van der Waals surface area contributed by atoms with Crippen molar-refractivity contribution in [1.82, 2.24) is 10.6 Å². The molecule has 6 nitrogen and oxygen atoms in total. The number of hydrogen-bond donors (Lipinski definition) is 2. The lowest BCUT2D eigenvalue weighted by atomic mass is 10.1. The van der Waals surface area contributed by atoms with E-state index >= 15 is 0 Å². The van der Waals surface area contributed by atoms with Gasteiger partial charge in [0.05, 0.1) is 12.7 Å². The summed E-state index contributed by atoms with van der Waals surface area (Å²) in [5.41, 5.74) is -0.382. The smallest absolute Gasteiger partial charge is 0.416 e. The van der Waals surface area contributed by atoms with Crippen LogP contribution in [0, 0.1) is 0 Å². The van der Waals surface area contributed by atoms with Crippen LogP contribution in [-0.2, 0) is 11.0 Å². The number of nitrogens with one attached hydrogen (secondary N) is 2. The van der Waals surface area contributed by atoms with E-state index in [9.17, 15) is 22.8 Å². The van der Waals surface area contributed by atoms with Crippen molar-refractivity contribution in [2.45, 2.75) is 6.18 Å². The summed E-state index contributed by atoms with van der Waals surface area (Å²) in [5.74, 6) is -0.191. The van der Waals surface area contributed by atoms with Gasteiger partial charge in [0.2, 0.25) is 0 Å². The molecule has 32 heavy (non-hydrogen) atoms. The summed E-state index contributed by atoms with van der Waals surface area (Å²) in [6.45, 7) is 0. The topological polar surface area (TPSA) is 80.6 Å². The summed E-state index contributed by atoms with van der Waals surface area (Å²) < 4.78 is 49.5. The Morgan fingerprint density at radius 3 is 2.38 bits per heavy atom. The zero-order valence-electron chi connectivity index (χ0n) is 17.1. The maximum atomic E-state index is 13.0. The quantitative estimate of drug-likeness (QED) is 0.549. The van der Waals surface area contributed by atoms with E-state index in [1.807, 2.05) is 0 Å². The number of methoxy groups -OCH3 is 1. The fraction of sp³-hybridized carbons (Fsp3) is 0.130. The molecule has 0 saturated carbocycles. The Balaban J connectivity index is 1.85. The second-order valence-electron chi connectivity index (χ2n) is 6.60. The van der Waals surface area contributed by atoms with Gasteiger partial charge in [-0.25, -0.2) is 0 Å². The van der Waals surface area contributed by atoms with E-state index in [2.05, 4.69) is 10.6 Å². The predicted octanol–water partition coefficient (Wildman–Crippen LogP) is 4.49. The average Bonchev–Trinajstić information content (AvgIpc) is 3.26. The molecule has 0 bridgehead atoms. The second kappa shape index (κ2) is 9.42. The Bertz CT molecular complexity index is 1150. The van der Waals surface area contributed by atoms with Crippen molar-refractivity contribution in [2.24, 2.45) is 0 Å². The van der Waals surface area contributed by atoms with Gasteiger partial charge < -0.3 is 19.8 Å². The highest BCUT2D eigenvalue weighted by Crippen LogP contribution is 2.32. The molecule has 2 amide bonds. The number of hydrogen-bond acceptors (Lipinski definition) is 4. The Hall–Kier alpha value is -4.01. The van der Waals surface area contributed by atoms with Gasteiger partial charge in [-0.1, -0.05) is 12.1 Å². The van der Waals surface area contributed by atoms with E-state index in [0.717, 1.165) is 12.1 Å². The van der Waals surface area contributed by atoms with Crippen molar-refractivity contribution in [2.75, 3.05) is 14.2 Å². The molecule has 3 rings (SSSR count). The number of benzene rings is 2. The maximum Gasteiger partial charge on any atom is 0.416 e. The highest BCUT2D eigenvalue weighted by atomic mass is 19.4. The Morgan fingerprint density at radius 1 is 1.03 bits per heavy atom. The molecular formula is C23H19F3N2O4. The van der Waals surface area contributed by atoms with Crippen LogP contribution in [0.4, 0.5) is 13.2 Å². The van der Waals surface area contributed by atoms with E-state index in [0.29, 0.717) is 11.3 Å². The number of halogens is 3. The van der Waals surface area contributed by atoms with Crippen LogP contribution in [0.15, 0.2) is 70.8 Å². The Labute approximate surface area is 181 Å². The molecule has 2 N–H and O–H groups in total. The van der Waals surface area contributed by atoms with Gasteiger partial charge in [0.25, 0.3) is 11.8 Å². The molecule has 0 atom stereocenters. The Morgan fingerprint density at radius 2 is 1.75 bits per heavy atom. The number of furan rings is 1. The Kier molecular flexibility index (Phi) is 6.67. The van der Waals surface area contributed by atoms with Crippen LogP contribution in [0.2, 0.25) is 0 Å². The molecule has 1 heterocycles. The number of amides is 2. The van der Waals surface area contributed by atoms with E-state index in [4.69, 9.17) is 9.15 Å². The third-order valence-electron chi connectivity index (χ3n) is 4.46. The maximum absolute atomic E-state index is 13.0. The van der Waals surface area contributed by atoms with E-state index in [1.165, 1.54) is 56.6 Å². The summed E-state index contributed by atoms with van der Waals surface area (Å²) in [6.07, 6.45) is -3.19. The molecule has 3 aromatic rings. The monoisotopic (exact) mass is 444 g/mol. The van der Waals surface area contributed by atoms with Crippen LogP contribution < -0.4 is 15.4 Å². The number of carbonyl (C=O) groups is 2. The number of alkyl halides is 3. The molecule has 0 spiro atoms. The van der Waals surface area contributed by atoms with Crippen molar-refractivity contribution < 1.29 is 31.9 Å². The van der Waals surface area contributed by atoms with Gasteiger partial charge in [0.15, 0.2) is 0 Å².